The van der Waals surface area contributed by atoms with E-state index in [9.17, 15) is 4.79 Å². The molecule has 1 atom stereocenters. The molecule has 0 saturated carbocycles. The average molecular weight is 270 g/mol. The standard InChI is InChI=1S/C12H16ClN3O2/c1-14-11-5-9(10(13)7-15-11)12(17)16-6-8-3-2-4-18-8/h5,7-8H,2-4,6H2,1H3,(H,14,15)(H,16,17). The fourth-order valence-electron chi connectivity index (χ4n) is 1.86. The Morgan fingerprint density at radius 2 is 2.50 bits per heavy atom. The summed E-state index contributed by atoms with van der Waals surface area (Å²) in [5.74, 6) is 0.413. The van der Waals surface area contributed by atoms with Crippen LogP contribution in [-0.4, -0.2) is 37.2 Å². The Bertz CT molecular complexity index is 433. The molecule has 18 heavy (non-hydrogen) atoms. The van der Waals surface area contributed by atoms with Crippen molar-refractivity contribution >= 4 is 23.3 Å². The first-order chi connectivity index (χ1) is 8.70. The second kappa shape index (κ2) is 6.02. The van der Waals surface area contributed by atoms with E-state index in [1.165, 1.54) is 6.20 Å². The molecule has 0 bridgehead atoms. The van der Waals surface area contributed by atoms with Crippen molar-refractivity contribution in [3.8, 4) is 0 Å². The lowest BCUT2D eigenvalue weighted by Crippen LogP contribution is -2.32. The minimum atomic E-state index is -0.200. The number of nitrogens with zero attached hydrogens (tertiary/aromatic N) is 1. The Kier molecular flexibility index (Phi) is 4.38. The van der Waals surface area contributed by atoms with E-state index in [1.807, 2.05) is 0 Å². The van der Waals surface area contributed by atoms with E-state index in [4.69, 9.17) is 16.3 Å². The lowest BCUT2D eigenvalue weighted by Gasteiger charge is -2.12. The lowest BCUT2D eigenvalue weighted by atomic mass is 10.2. The van der Waals surface area contributed by atoms with Crippen LogP contribution in [0.5, 0.6) is 0 Å². The van der Waals surface area contributed by atoms with Crippen LogP contribution < -0.4 is 10.6 Å². The molecule has 2 rings (SSSR count). The van der Waals surface area contributed by atoms with E-state index in [-0.39, 0.29) is 12.0 Å². The maximum atomic E-state index is 12.0. The van der Waals surface area contributed by atoms with Gasteiger partial charge < -0.3 is 15.4 Å². The number of carbonyl (C=O) groups excluding carboxylic acids is 1. The monoisotopic (exact) mass is 269 g/mol. The number of amides is 1. The summed E-state index contributed by atoms with van der Waals surface area (Å²) in [7, 11) is 1.74. The predicted molar refractivity (Wildman–Crippen MR) is 70.1 cm³/mol. The summed E-state index contributed by atoms with van der Waals surface area (Å²) in [5.41, 5.74) is 0.425. The van der Waals surface area contributed by atoms with Crippen LogP contribution in [0.15, 0.2) is 12.3 Å². The summed E-state index contributed by atoms with van der Waals surface area (Å²) in [5, 5.41) is 6.05. The third kappa shape index (κ3) is 3.11. The third-order valence-electron chi connectivity index (χ3n) is 2.87. The highest BCUT2D eigenvalue weighted by molar-refractivity contribution is 6.33. The van der Waals surface area contributed by atoms with Crippen molar-refractivity contribution in [1.82, 2.24) is 10.3 Å². The Morgan fingerprint density at radius 3 is 3.17 bits per heavy atom. The molecule has 2 N–H and O–H groups in total. The van der Waals surface area contributed by atoms with Crippen LogP contribution in [0.2, 0.25) is 5.02 Å². The molecule has 2 heterocycles. The van der Waals surface area contributed by atoms with E-state index in [2.05, 4.69) is 15.6 Å². The fourth-order valence-corrected chi connectivity index (χ4v) is 2.05. The highest BCUT2D eigenvalue weighted by Crippen LogP contribution is 2.18. The summed E-state index contributed by atoms with van der Waals surface area (Å²) in [4.78, 5) is 16.0. The van der Waals surface area contributed by atoms with Crippen molar-refractivity contribution in [2.45, 2.75) is 18.9 Å². The second-order valence-electron chi connectivity index (χ2n) is 4.14. The number of nitrogens with one attached hydrogen (secondary N) is 2. The van der Waals surface area contributed by atoms with Gasteiger partial charge in [-0.3, -0.25) is 4.79 Å². The normalized spacial score (nSPS) is 18.7. The number of anilines is 1. The Morgan fingerprint density at radius 1 is 1.67 bits per heavy atom. The summed E-state index contributed by atoms with van der Waals surface area (Å²) >= 11 is 5.96. The molecule has 1 aliphatic heterocycles. The number of ether oxygens (including phenoxy) is 1. The van der Waals surface area contributed by atoms with Crippen molar-refractivity contribution < 1.29 is 9.53 Å². The average Bonchev–Trinajstić information content (AvgIpc) is 2.89. The van der Waals surface area contributed by atoms with Gasteiger partial charge in [-0.2, -0.15) is 0 Å². The van der Waals surface area contributed by atoms with Crippen LogP contribution >= 0.6 is 11.6 Å². The zero-order valence-corrected chi connectivity index (χ0v) is 11.0. The number of rotatable bonds is 4. The molecule has 1 fully saturated rings. The maximum Gasteiger partial charge on any atom is 0.253 e. The molecule has 6 heteroatoms. The van der Waals surface area contributed by atoms with E-state index in [0.717, 1.165) is 19.4 Å². The molecular weight excluding hydrogens is 254 g/mol. The zero-order valence-electron chi connectivity index (χ0n) is 10.2. The third-order valence-corrected chi connectivity index (χ3v) is 3.17. The van der Waals surface area contributed by atoms with Crippen molar-refractivity contribution in [2.24, 2.45) is 0 Å². The SMILES string of the molecule is CNc1cc(C(=O)NCC2CCCO2)c(Cl)cn1. The van der Waals surface area contributed by atoms with Crippen LogP contribution in [0.4, 0.5) is 5.82 Å². The number of aromatic nitrogens is 1. The molecule has 98 valence electrons. The van der Waals surface area contributed by atoms with Gasteiger partial charge >= 0.3 is 0 Å². The van der Waals surface area contributed by atoms with Gasteiger partial charge in [-0.25, -0.2) is 4.98 Å². The summed E-state index contributed by atoms with van der Waals surface area (Å²) in [6.07, 6.45) is 3.64. The highest BCUT2D eigenvalue weighted by atomic mass is 35.5. The maximum absolute atomic E-state index is 12.0. The minimum Gasteiger partial charge on any atom is -0.376 e. The number of pyridine rings is 1. The van der Waals surface area contributed by atoms with Gasteiger partial charge in [0, 0.05) is 26.4 Å². The summed E-state index contributed by atoms with van der Waals surface area (Å²) < 4.78 is 5.44. The predicted octanol–water partition coefficient (Wildman–Crippen LogP) is 1.69. The van der Waals surface area contributed by atoms with Crippen LogP contribution in [0.25, 0.3) is 0 Å². The molecule has 0 aromatic carbocycles. The number of hydrogen-bond donors (Lipinski definition) is 2. The van der Waals surface area contributed by atoms with E-state index in [1.54, 1.807) is 13.1 Å². The van der Waals surface area contributed by atoms with E-state index >= 15 is 0 Å². The van der Waals surface area contributed by atoms with Crippen LogP contribution in [0.1, 0.15) is 23.2 Å². The molecule has 1 unspecified atom stereocenters. The van der Waals surface area contributed by atoms with Crippen molar-refractivity contribution in [2.75, 3.05) is 25.5 Å². The first kappa shape index (κ1) is 13.1. The molecule has 1 aromatic heterocycles. The van der Waals surface area contributed by atoms with Gasteiger partial charge in [0.05, 0.1) is 16.7 Å². The van der Waals surface area contributed by atoms with Gasteiger partial charge in [0.1, 0.15) is 5.82 Å². The Hall–Kier alpha value is -1.33. The Balaban J connectivity index is 1.98. The largest absolute Gasteiger partial charge is 0.376 e. The second-order valence-corrected chi connectivity index (χ2v) is 4.55. The minimum absolute atomic E-state index is 0.123. The molecule has 0 spiro atoms. The quantitative estimate of drug-likeness (QED) is 0.873. The van der Waals surface area contributed by atoms with Gasteiger partial charge in [-0.05, 0) is 18.9 Å². The topological polar surface area (TPSA) is 63.2 Å². The fraction of sp³-hybridized carbons (Fsp3) is 0.500. The molecule has 1 amide bonds. The number of halogens is 1. The Labute approximate surface area is 111 Å². The summed E-state index contributed by atoms with van der Waals surface area (Å²) in [6, 6.07) is 1.63. The molecular formula is C12H16ClN3O2. The van der Waals surface area contributed by atoms with Crippen LogP contribution in [-0.2, 0) is 4.74 Å². The van der Waals surface area contributed by atoms with Crippen molar-refractivity contribution in [3.05, 3.63) is 22.8 Å². The summed E-state index contributed by atoms with van der Waals surface area (Å²) in [6.45, 7) is 1.30. The molecule has 0 radical (unpaired) electrons. The van der Waals surface area contributed by atoms with E-state index in [0.29, 0.717) is 22.9 Å². The highest BCUT2D eigenvalue weighted by Gasteiger charge is 2.18. The molecule has 0 aliphatic carbocycles. The van der Waals surface area contributed by atoms with Crippen LogP contribution in [0, 0.1) is 0 Å². The van der Waals surface area contributed by atoms with E-state index < -0.39 is 0 Å². The van der Waals surface area contributed by atoms with Crippen molar-refractivity contribution in [3.63, 3.8) is 0 Å². The smallest absolute Gasteiger partial charge is 0.253 e. The first-order valence-electron chi connectivity index (χ1n) is 5.94. The number of carbonyl (C=O) groups is 1. The molecule has 1 saturated heterocycles. The first-order valence-corrected chi connectivity index (χ1v) is 6.31. The molecule has 1 aliphatic rings. The van der Waals surface area contributed by atoms with Crippen LogP contribution in [0.3, 0.4) is 0 Å². The van der Waals surface area contributed by atoms with Gasteiger partial charge in [0.15, 0.2) is 0 Å². The molecule has 5 nitrogen and oxygen atoms in total. The van der Waals surface area contributed by atoms with Gasteiger partial charge in [-0.1, -0.05) is 11.6 Å². The van der Waals surface area contributed by atoms with Crippen molar-refractivity contribution in [1.29, 1.82) is 0 Å². The van der Waals surface area contributed by atoms with Gasteiger partial charge in [-0.15, -0.1) is 0 Å². The van der Waals surface area contributed by atoms with Gasteiger partial charge in [0.25, 0.3) is 5.91 Å². The molecule has 1 aromatic rings. The van der Waals surface area contributed by atoms with Gasteiger partial charge in [0.2, 0.25) is 0 Å². The number of hydrogen-bond acceptors (Lipinski definition) is 4. The lowest BCUT2D eigenvalue weighted by molar-refractivity contribution is 0.0858. The zero-order chi connectivity index (χ0) is 13.0.